The Labute approximate surface area is 108 Å². The van der Waals surface area contributed by atoms with Gasteiger partial charge in [0.25, 0.3) is 5.91 Å². The van der Waals surface area contributed by atoms with Crippen molar-refractivity contribution in [2.24, 2.45) is 11.7 Å². The van der Waals surface area contributed by atoms with Gasteiger partial charge in [-0.1, -0.05) is 26.7 Å². The van der Waals surface area contributed by atoms with Gasteiger partial charge in [0.05, 0.1) is 17.4 Å². The number of nitrogen functional groups attached to an aromatic ring is 1. The first-order chi connectivity index (χ1) is 8.50. The van der Waals surface area contributed by atoms with Gasteiger partial charge in [0, 0.05) is 6.54 Å². The second kappa shape index (κ2) is 6.83. The minimum absolute atomic E-state index is 0.346. The van der Waals surface area contributed by atoms with E-state index in [-0.39, 0.29) is 0 Å². The summed E-state index contributed by atoms with van der Waals surface area (Å²) in [6.07, 6.45) is 4.93. The number of hydrogen-bond acceptors (Lipinski definition) is 4. The second-order valence-electron chi connectivity index (χ2n) is 4.85. The quantitative estimate of drug-likeness (QED) is 0.645. The molecule has 0 atom stereocenters. The maximum absolute atomic E-state index is 11.2. The number of carbonyl (C=O) groups excluding carboxylic acids is 1. The fraction of sp³-hybridized carbons (Fsp3) is 0.538. The predicted molar refractivity (Wildman–Crippen MR) is 74.3 cm³/mol. The zero-order valence-electron chi connectivity index (χ0n) is 11.1. The first-order valence-corrected chi connectivity index (χ1v) is 6.30. The molecule has 1 aromatic rings. The lowest BCUT2D eigenvalue weighted by Crippen LogP contribution is -2.16. The number of rotatable bonds is 7. The molecule has 1 heterocycles. The number of nitrogens with zero attached hydrogens (tertiary/aromatic N) is 1. The van der Waals surface area contributed by atoms with E-state index >= 15 is 0 Å². The molecule has 0 aliphatic carbocycles. The summed E-state index contributed by atoms with van der Waals surface area (Å²) in [5, 5.41) is 3.13. The molecule has 0 aliphatic heterocycles. The lowest BCUT2D eigenvalue weighted by Gasteiger charge is -2.10. The molecule has 1 rings (SSSR count). The first kappa shape index (κ1) is 14.3. The van der Waals surface area contributed by atoms with Crippen LogP contribution in [0.25, 0.3) is 0 Å². The molecule has 100 valence electrons. The molecular formula is C13H22N4O. The van der Waals surface area contributed by atoms with E-state index < -0.39 is 5.91 Å². The largest absolute Gasteiger partial charge is 0.397 e. The summed E-state index contributed by atoms with van der Waals surface area (Å²) in [5.74, 6) is 0.724. The molecule has 5 nitrogen and oxygen atoms in total. The lowest BCUT2D eigenvalue weighted by atomic mass is 10.1. The number of carbonyl (C=O) groups is 1. The molecule has 18 heavy (non-hydrogen) atoms. The second-order valence-corrected chi connectivity index (χ2v) is 4.85. The van der Waals surface area contributed by atoms with Crippen LogP contribution in [0, 0.1) is 5.92 Å². The average Bonchev–Trinajstić information content (AvgIpc) is 2.29. The fourth-order valence-corrected chi connectivity index (χ4v) is 1.69. The molecular weight excluding hydrogens is 228 g/mol. The van der Waals surface area contributed by atoms with Crippen molar-refractivity contribution in [2.75, 3.05) is 17.6 Å². The number of amides is 1. The monoisotopic (exact) mass is 250 g/mol. The molecule has 0 unspecified atom stereocenters. The van der Waals surface area contributed by atoms with Crippen molar-refractivity contribution >= 4 is 17.4 Å². The average molecular weight is 250 g/mol. The summed E-state index contributed by atoms with van der Waals surface area (Å²) in [4.78, 5) is 15.3. The van der Waals surface area contributed by atoms with Crippen LogP contribution in [-0.4, -0.2) is 17.4 Å². The number of unbranched alkanes of at least 4 members (excludes halogenated alkanes) is 1. The Morgan fingerprint density at radius 3 is 2.78 bits per heavy atom. The molecule has 1 amide bonds. The molecule has 0 saturated heterocycles. The lowest BCUT2D eigenvalue weighted by molar-refractivity contribution is 0.100. The minimum Gasteiger partial charge on any atom is -0.397 e. The third-order valence-electron chi connectivity index (χ3n) is 2.67. The molecule has 0 bridgehead atoms. The predicted octanol–water partition coefficient (Wildman–Crippen LogP) is 2.00. The highest BCUT2D eigenvalue weighted by atomic mass is 16.1. The summed E-state index contributed by atoms with van der Waals surface area (Å²) >= 11 is 0. The molecule has 5 N–H and O–H groups in total. The standard InChI is InChI=1S/C13H22N4O/c1-9(2)5-3-4-6-16-13-11(12(15)18)7-10(14)8-17-13/h7-9H,3-6,14H2,1-2H3,(H2,15,18)(H,16,17). The topological polar surface area (TPSA) is 94.0 Å². The van der Waals surface area contributed by atoms with Gasteiger partial charge in [-0.15, -0.1) is 0 Å². The van der Waals surface area contributed by atoms with Gasteiger partial charge in [-0.25, -0.2) is 4.98 Å². The Hall–Kier alpha value is -1.78. The summed E-state index contributed by atoms with van der Waals surface area (Å²) in [6.45, 7) is 5.20. The van der Waals surface area contributed by atoms with Crippen molar-refractivity contribution in [3.05, 3.63) is 17.8 Å². The van der Waals surface area contributed by atoms with Gasteiger partial charge in [0.2, 0.25) is 0 Å². The maximum Gasteiger partial charge on any atom is 0.252 e. The number of primary amides is 1. The van der Waals surface area contributed by atoms with Crippen LogP contribution < -0.4 is 16.8 Å². The molecule has 5 heteroatoms. The van der Waals surface area contributed by atoms with Crippen molar-refractivity contribution in [3.8, 4) is 0 Å². The third kappa shape index (κ3) is 4.61. The Morgan fingerprint density at radius 1 is 1.44 bits per heavy atom. The van der Waals surface area contributed by atoms with Gasteiger partial charge >= 0.3 is 0 Å². The van der Waals surface area contributed by atoms with Crippen LogP contribution in [0.15, 0.2) is 12.3 Å². The minimum atomic E-state index is -0.514. The van der Waals surface area contributed by atoms with Gasteiger partial charge in [-0.2, -0.15) is 0 Å². The summed E-state index contributed by atoms with van der Waals surface area (Å²) in [7, 11) is 0. The number of nitrogens with two attached hydrogens (primary N) is 2. The molecule has 1 aromatic heterocycles. The van der Waals surface area contributed by atoms with Crippen molar-refractivity contribution in [1.29, 1.82) is 0 Å². The van der Waals surface area contributed by atoms with E-state index in [1.54, 1.807) is 6.07 Å². The van der Waals surface area contributed by atoms with E-state index in [2.05, 4.69) is 24.1 Å². The normalized spacial score (nSPS) is 10.6. The van der Waals surface area contributed by atoms with Crippen LogP contribution in [0.5, 0.6) is 0 Å². The summed E-state index contributed by atoms with van der Waals surface area (Å²) in [5.41, 5.74) is 11.6. The van der Waals surface area contributed by atoms with E-state index in [0.29, 0.717) is 17.1 Å². The van der Waals surface area contributed by atoms with Crippen LogP contribution in [0.1, 0.15) is 43.5 Å². The fourth-order valence-electron chi connectivity index (χ4n) is 1.69. The van der Waals surface area contributed by atoms with Crippen LogP contribution >= 0.6 is 0 Å². The molecule has 0 fully saturated rings. The first-order valence-electron chi connectivity index (χ1n) is 6.30. The van der Waals surface area contributed by atoms with Gasteiger partial charge in [-0.05, 0) is 18.4 Å². The highest BCUT2D eigenvalue weighted by Gasteiger charge is 2.09. The summed E-state index contributed by atoms with van der Waals surface area (Å²) < 4.78 is 0. The van der Waals surface area contributed by atoms with E-state index in [0.717, 1.165) is 25.3 Å². The SMILES string of the molecule is CC(C)CCCCNc1ncc(N)cc1C(N)=O. The van der Waals surface area contributed by atoms with E-state index in [9.17, 15) is 4.79 Å². The van der Waals surface area contributed by atoms with E-state index in [4.69, 9.17) is 11.5 Å². The number of pyridine rings is 1. The Kier molecular flexibility index (Phi) is 5.42. The van der Waals surface area contributed by atoms with E-state index in [1.165, 1.54) is 12.6 Å². The van der Waals surface area contributed by atoms with Gasteiger partial charge in [0.1, 0.15) is 5.82 Å². The Morgan fingerprint density at radius 2 is 2.17 bits per heavy atom. The maximum atomic E-state index is 11.2. The zero-order valence-corrected chi connectivity index (χ0v) is 11.1. The highest BCUT2D eigenvalue weighted by Crippen LogP contribution is 2.15. The smallest absolute Gasteiger partial charge is 0.252 e. The zero-order chi connectivity index (χ0) is 13.5. The number of aromatic nitrogens is 1. The third-order valence-corrected chi connectivity index (χ3v) is 2.67. The van der Waals surface area contributed by atoms with Crippen molar-refractivity contribution in [2.45, 2.75) is 33.1 Å². The van der Waals surface area contributed by atoms with Crippen molar-refractivity contribution in [3.63, 3.8) is 0 Å². The molecule has 0 aromatic carbocycles. The van der Waals surface area contributed by atoms with Gasteiger partial charge in [-0.3, -0.25) is 4.79 Å². The highest BCUT2D eigenvalue weighted by molar-refractivity contribution is 5.98. The van der Waals surface area contributed by atoms with Gasteiger partial charge in [0.15, 0.2) is 0 Å². The number of anilines is 2. The molecule has 0 saturated carbocycles. The Balaban J connectivity index is 2.49. The molecule has 0 radical (unpaired) electrons. The van der Waals surface area contributed by atoms with Crippen LogP contribution in [0.3, 0.4) is 0 Å². The van der Waals surface area contributed by atoms with Crippen molar-refractivity contribution < 1.29 is 4.79 Å². The van der Waals surface area contributed by atoms with Crippen LogP contribution in [-0.2, 0) is 0 Å². The Bertz CT molecular complexity index is 404. The molecule has 0 spiro atoms. The molecule has 0 aliphatic rings. The van der Waals surface area contributed by atoms with Crippen molar-refractivity contribution in [1.82, 2.24) is 4.98 Å². The van der Waals surface area contributed by atoms with E-state index in [1.807, 2.05) is 0 Å². The van der Waals surface area contributed by atoms with Gasteiger partial charge < -0.3 is 16.8 Å². The number of nitrogens with one attached hydrogen (secondary N) is 1. The van der Waals surface area contributed by atoms with Crippen LogP contribution in [0.2, 0.25) is 0 Å². The summed E-state index contributed by atoms with van der Waals surface area (Å²) in [6, 6.07) is 1.55. The van der Waals surface area contributed by atoms with Crippen LogP contribution in [0.4, 0.5) is 11.5 Å². The number of hydrogen-bond donors (Lipinski definition) is 3.